The highest BCUT2D eigenvalue weighted by molar-refractivity contribution is 6.99. The Kier molecular flexibility index (Phi) is 16.2. The van der Waals surface area contributed by atoms with E-state index in [1.54, 1.807) is 0 Å². The first-order valence-corrected chi connectivity index (χ1v) is 22.7. The fourth-order valence-electron chi connectivity index (χ4n) is 7.86. The molecular weight excluding hydrogens is 737 g/mol. The second-order valence-electron chi connectivity index (χ2n) is 16.5. The average Bonchev–Trinajstić information content (AvgIpc) is 3.25. The first-order chi connectivity index (χ1) is 28.2. The van der Waals surface area contributed by atoms with Gasteiger partial charge in [0, 0.05) is 11.8 Å². The van der Waals surface area contributed by atoms with E-state index in [4.69, 9.17) is 28.1 Å². The van der Waals surface area contributed by atoms with Crippen LogP contribution in [0.25, 0.3) is 0 Å². The summed E-state index contributed by atoms with van der Waals surface area (Å²) in [4.78, 5) is 0. The molecule has 5 aromatic rings. The quantitative estimate of drug-likeness (QED) is 0.0339. The number of hydrogen-bond donors (Lipinski definition) is 0. The molecule has 6 nitrogen and oxygen atoms in total. The van der Waals surface area contributed by atoms with Crippen LogP contribution in [0.4, 0.5) is 0 Å². The minimum absolute atomic E-state index is 0.00952. The Bertz CT molecular complexity index is 1860. The first kappa shape index (κ1) is 43.4. The standard InChI is InChI=1S/C51H62O6Si/c1-40(41(2)56-39-52-34-42-23-11-6-12-24-42)22-21-29-45-37-53-48(38-57-58(51(3,4)5,46-30-17-9-18-31-46)47-32-19-10-20-33-47)50(55-36-44-27-15-8-16-28-44)49(45)54-35-43-25-13-7-14-26-43/h6-28,30-33,40-41,45,48-50H,29,34-39H2,1-5H3/b22-21-/t40-,41+,45+,48+,49-,50+/m1/s1. The van der Waals surface area contributed by atoms with E-state index in [1.807, 2.05) is 30.3 Å². The molecule has 0 aromatic heterocycles. The van der Waals surface area contributed by atoms with Crippen molar-refractivity contribution in [1.82, 2.24) is 0 Å². The maximum Gasteiger partial charge on any atom is 0.261 e. The molecule has 0 bridgehead atoms. The van der Waals surface area contributed by atoms with Crippen LogP contribution in [0.2, 0.25) is 5.04 Å². The summed E-state index contributed by atoms with van der Waals surface area (Å²) in [5.74, 6) is 0.244. The van der Waals surface area contributed by atoms with Crippen molar-refractivity contribution in [2.24, 2.45) is 11.8 Å². The molecule has 0 saturated carbocycles. The van der Waals surface area contributed by atoms with Crippen molar-refractivity contribution in [3.63, 3.8) is 0 Å². The number of hydrogen-bond acceptors (Lipinski definition) is 6. The lowest BCUT2D eigenvalue weighted by molar-refractivity contribution is -0.213. The predicted molar refractivity (Wildman–Crippen MR) is 236 cm³/mol. The van der Waals surface area contributed by atoms with Gasteiger partial charge in [-0.3, -0.25) is 0 Å². The van der Waals surface area contributed by atoms with Gasteiger partial charge in [-0.1, -0.05) is 192 Å². The second kappa shape index (κ2) is 21.7. The molecule has 1 heterocycles. The molecule has 1 fully saturated rings. The molecule has 6 atom stereocenters. The van der Waals surface area contributed by atoms with Gasteiger partial charge in [-0.05, 0) is 45.4 Å². The lowest BCUT2D eigenvalue weighted by atomic mass is 9.88. The zero-order valence-electron chi connectivity index (χ0n) is 35.0. The minimum Gasteiger partial charge on any atom is -0.405 e. The van der Waals surface area contributed by atoms with E-state index in [2.05, 4.69) is 168 Å². The Hall–Kier alpha value is -4.18. The predicted octanol–water partition coefficient (Wildman–Crippen LogP) is 9.91. The van der Waals surface area contributed by atoms with Crippen LogP contribution in [-0.4, -0.2) is 52.7 Å². The molecule has 0 N–H and O–H groups in total. The third-order valence-electron chi connectivity index (χ3n) is 11.3. The van der Waals surface area contributed by atoms with Gasteiger partial charge in [0.05, 0.1) is 45.2 Å². The second-order valence-corrected chi connectivity index (χ2v) is 20.8. The fourth-order valence-corrected chi connectivity index (χ4v) is 12.4. The number of benzene rings is 5. The Balaban J connectivity index is 1.22. The molecule has 0 radical (unpaired) electrons. The van der Waals surface area contributed by atoms with Gasteiger partial charge >= 0.3 is 0 Å². The van der Waals surface area contributed by atoms with Crippen molar-refractivity contribution >= 4 is 18.7 Å². The van der Waals surface area contributed by atoms with E-state index in [9.17, 15) is 0 Å². The smallest absolute Gasteiger partial charge is 0.261 e. The molecule has 0 spiro atoms. The highest BCUT2D eigenvalue weighted by atomic mass is 28.4. The topological polar surface area (TPSA) is 55.4 Å². The number of ether oxygens (including phenoxy) is 5. The van der Waals surface area contributed by atoms with Crippen molar-refractivity contribution in [2.75, 3.05) is 20.0 Å². The number of rotatable bonds is 20. The maximum absolute atomic E-state index is 7.48. The summed E-state index contributed by atoms with van der Waals surface area (Å²) < 4.78 is 40.1. The van der Waals surface area contributed by atoms with Crippen LogP contribution < -0.4 is 10.4 Å². The van der Waals surface area contributed by atoms with Crippen molar-refractivity contribution in [3.05, 3.63) is 181 Å². The lowest BCUT2D eigenvalue weighted by Crippen LogP contribution is -2.68. The molecule has 6 rings (SSSR count). The SMILES string of the molecule is C[C@H](/C=C\C[C@H]1CO[C@@H](CO[Si](c2ccccc2)(c2ccccc2)C(C)(C)C)[C@H](OCc2ccccc2)[C@@H]1OCc1ccccc1)[C@H](C)OCOCc1ccccc1. The average molecular weight is 799 g/mol. The summed E-state index contributed by atoms with van der Waals surface area (Å²) in [6, 6.07) is 52.5. The van der Waals surface area contributed by atoms with Crippen LogP contribution in [0.5, 0.6) is 0 Å². The van der Waals surface area contributed by atoms with E-state index < -0.39 is 8.32 Å². The van der Waals surface area contributed by atoms with Crippen molar-refractivity contribution in [3.8, 4) is 0 Å². The van der Waals surface area contributed by atoms with Gasteiger partial charge in [-0.2, -0.15) is 0 Å². The van der Waals surface area contributed by atoms with Gasteiger partial charge in [0.25, 0.3) is 8.32 Å². The molecule has 1 aliphatic rings. The normalized spacial score (nSPS) is 19.9. The Labute approximate surface area is 348 Å². The molecule has 1 saturated heterocycles. The monoisotopic (exact) mass is 798 g/mol. The van der Waals surface area contributed by atoms with Crippen LogP contribution in [0.15, 0.2) is 164 Å². The molecule has 0 unspecified atom stereocenters. The lowest BCUT2D eigenvalue weighted by Gasteiger charge is -2.46. The molecule has 7 heteroatoms. The fraction of sp³-hybridized carbons (Fsp3) is 0.373. The molecule has 306 valence electrons. The van der Waals surface area contributed by atoms with Gasteiger partial charge in [-0.15, -0.1) is 0 Å². The Morgan fingerprint density at radius 1 is 0.638 bits per heavy atom. The number of allylic oxidation sites excluding steroid dienone is 1. The van der Waals surface area contributed by atoms with Gasteiger partial charge in [-0.25, -0.2) is 0 Å². The van der Waals surface area contributed by atoms with E-state index in [0.717, 1.165) is 23.1 Å². The summed E-state index contributed by atoms with van der Waals surface area (Å²) in [6.45, 7) is 13.8. The molecule has 1 aliphatic heterocycles. The van der Waals surface area contributed by atoms with Crippen LogP contribution >= 0.6 is 0 Å². The molecule has 0 amide bonds. The molecule has 5 aromatic carbocycles. The van der Waals surface area contributed by atoms with Crippen LogP contribution in [0.3, 0.4) is 0 Å². The van der Waals surface area contributed by atoms with Crippen molar-refractivity contribution in [2.45, 2.75) is 90.3 Å². The van der Waals surface area contributed by atoms with Crippen LogP contribution in [-0.2, 0) is 47.9 Å². The van der Waals surface area contributed by atoms with Gasteiger partial charge in [0.1, 0.15) is 19.0 Å². The summed E-state index contributed by atoms with van der Waals surface area (Å²) in [6.07, 6.45) is 4.29. The minimum atomic E-state index is -2.84. The maximum atomic E-state index is 7.48. The van der Waals surface area contributed by atoms with E-state index in [0.29, 0.717) is 33.0 Å². The largest absolute Gasteiger partial charge is 0.405 e. The van der Waals surface area contributed by atoms with E-state index >= 15 is 0 Å². The van der Waals surface area contributed by atoms with E-state index in [-0.39, 0.29) is 48.1 Å². The third-order valence-corrected chi connectivity index (χ3v) is 16.3. The van der Waals surface area contributed by atoms with Crippen molar-refractivity contribution < 1.29 is 28.1 Å². The highest BCUT2D eigenvalue weighted by Crippen LogP contribution is 2.38. The Morgan fingerprint density at radius 2 is 1.10 bits per heavy atom. The van der Waals surface area contributed by atoms with Crippen molar-refractivity contribution in [1.29, 1.82) is 0 Å². The zero-order valence-corrected chi connectivity index (χ0v) is 36.0. The van der Waals surface area contributed by atoms with Gasteiger partial charge in [0.2, 0.25) is 0 Å². The highest BCUT2D eigenvalue weighted by Gasteiger charge is 2.52. The summed E-state index contributed by atoms with van der Waals surface area (Å²) in [5.41, 5.74) is 3.36. The first-order valence-electron chi connectivity index (χ1n) is 20.8. The summed E-state index contributed by atoms with van der Waals surface area (Å²) in [7, 11) is -2.84. The molecule has 58 heavy (non-hydrogen) atoms. The van der Waals surface area contributed by atoms with Crippen LogP contribution in [0.1, 0.15) is 57.7 Å². The summed E-state index contributed by atoms with van der Waals surface area (Å²) in [5, 5.41) is 2.30. The van der Waals surface area contributed by atoms with Gasteiger partial charge < -0.3 is 28.1 Å². The zero-order chi connectivity index (χ0) is 40.6. The Morgan fingerprint density at radius 3 is 1.60 bits per heavy atom. The molecular formula is C51H62O6Si. The van der Waals surface area contributed by atoms with E-state index in [1.165, 1.54) is 10.4 Å². The summed E-state index contributed by atoms with van der Waals surface area (Å²) >= 11 is 0. The molecule has 0 aliphatic carbocycles. The third kappa shape index (κ3) is 11.7. The van der Waals surface area contributed by atoms with Gasteiger partial charge in [0.15, 0.2) is 0 Å². The van der Waals surface area contributed by atoms with Crippen LogP contribution in [0, 0.1) is 11.8 Å².